The van der Waals surface area contributed by atoms with E-state index in [0.717, 1.165) is 5.56 Å². The Hall–Kier alpha value is -6.27. The SMILES string of the molecule is CC(C)(C)CNC(=O)c1ccc(-c2sccc2C(=O)Nc2ccc3nc(NOC(=O)c4ccccc4)[nH]c3c2)c(C(=O)OCc2ccccc2)c1. The van der Waals surface area contributed by atoms with Crippen molar-refractivity contribution in [3.05, 3.63) is 136 Å². The van der Waals surface area contributed by atoms with Crippen molar-refractivity contribution >= 4 is 57.8 Å². The summed E-state index contributed by atoms with van der Waals surface area (Å²) in [5.41, 5.74) is 6.50. The van der Waals surface area contributed by atoms with Crippen LogP contribution in [0.3, 0.4) is 0 Å². The maximum Gasteiger partial charge on any atom is 0.362 e. The van der Waals surface area contributed by atoms with Crippen LogP contribution < -0.4 is 16.1 Å². The second-order valence-corrected chi connectivity index (χ2v) is 13.8. The molecule has 2 heterocycles. The van der Waals surface area contributed by atoms with Crippen molar-refractivity contribution in [2.45, 2.75) is 27.4 Å². The molecular weight excluding hydrogens is 667 g/mol. The van der Waals surface area contributed by atoms with Gasteiger partial charge in [0.2, 0.25) is 5.95 Å². The van der Waals surface area contributed by atoms with E-state index in [1.807, 2.05) is 51.1 Å². The number of hydrogen-bond donors (Lipinski definition) is 4. The van der Waals surface area contributed by atoms with Crippen molar-refractivity contribution in [2.24, 2.45) is 5.41 Å². The van der Waals surface area contributed by atoms with Gasteiger partial charge in [-0.3, -0.25) is 9.59 Å². The number of ether oxygens (including phenoxy) is 1. The molecule has 0 saturated heterocycles. The third-order valence-corrected chi connectivity index (χ3v) is 8.59. The standard InChI is InChI=1S/C39H35N5O6S/c1-39(2,3)23-40-34(45)26-14-16-28(30(20-26)37(48)49-22-24-10-6-4-7-11-24)33-29(18-19-51-33)35(46)41-27-15-17-31-32(21-27)43-38(42-31)44-50-36(47)25-12-8-5-9-13-25/h4-21H,22-23H2,1-3H3,(H,40,45)(H,41,46)(H2,42,43,44). The first-order chi connectivity index (χ1) is 24.5. The van der Waals surface area contributed by atoms with Crippen LogP contribution in [0.15, 0.2) is 109 Å². The Morgan fingerprint density at radius 3 is 2.27 bits per heavy atom. The number of fused-ring (bicyclic) bond motifs is 1. The molecule has 4 aromatic carbocycles. The fourth-order valence-electron chi connectivity index (χ4n) is 5.06. The number of aromatic nitrogens is 2. The fourth-order valence-corrected chi connectivity index (χ4v) is 5.99. The second-order valence-electron chi connectivity index (χ2n) is 12.9. The summed E-state index contributed by atoms with van der Waals surface area (Å²) >= 11 is 1.29. The minimum absolute atomic E-state index is 0.0418. The molecule has 12 heteroatoms. The number of nitrogens with zero attached hydrogens (tertiary/aromatic N) is 1. The summed E-state index contributed by atoms with van der Waals surface area (Å²) in [6, 6.07) is 29.4. The van der Waals surface area contributed by atoms with E-state index >= 15 is 0 Å². The number of rotatable bonds is 11. The largest absolute Gasteiger partial charge is 0.457 e. The normalized spacial score (nSPS) is 11.1. The Kier molecular flexibility index (Phi) is 10.2. The molecule has 0 unspecified atom stereocenters. The minimum Gasteiger partial charge on any atom is -0.457 e. The topological polar surface area (TPSA) is 152 Å². The Balaban J connectivity index is 1.21. The van der Waals surface area contributed by atoms with Gasteiger partial charge in [-0.25, -0.2) is 14.6 Å². The number of carbonyl (C=O) groups is 4. The summed E-state index contributed by atoms with van der Waals surface area (Å²) in [7, 11) is 0. The van der Waals surface area contributed by atoms with E-state index in [0.29, 0.717) is 50.4 Å². The number of thiophene rings is 1. The van der Waals surface area contributed by atoms with Gasteiger partial charge in [0, 0.05) is 28.2 Å². The Morgan fingerprint density at radius 1 is 0.784 bits per heavy atom. The van der Waals surface area contributed by atoms with Crippen LogP contribution in [0.2, 0.25) is 0 Å². The number of benzene rings is 4. The number of esters is 1. The predicted octanol–water partition coefficient (Wildman–Crippen LogP) is 7.86. The predicted molar refractivity (Wildman–Crippen MR) is 197 cm³/mol. The summed E-state index contributed by atoms with van der Waals surface area (Å²) in [5, 5.41) is 7.60. The third kappa shape index (κ3) is 8.67. The monoisotopic (exact) mass is 701 g/mol. The molecule has 11 nitrogen and oxygen atoms in total. The lowest BCUT2D eigenvalue weighted by molar-refractivity contribution is 0.0473. The third-order valence-electron chi connectivity index (χ3n) is 7.64. The minimum atomic E-state index is -0.623. The molecule has 0 atom stereocenters. The summed E-state index contributed by atoms with van der Waals surface area (Å²) in [5.74, 6) is -1.71. The number of carbonyl (C=O) groups excluding carboxylic acids is 4. The molecule has 4 N–H and O–H groups in total. The molecule has 0 spiro atoms. The number of aromatic amines is 1. The quantitative estimate of drug-likeness (QED) is 0.0787. The van der Waals surface area contributed by atoms with E-state index in [4.69, 9.17) is 9.57 Å². The molecule has 51 heavy (non-hydrogen) atoms. The molecule has 2 amide bonds. The van der Waals surface area contributed by atoms with Gasteiger partial charge in [-0.1, -0.05) is 75.4 Å². The van der Waals surface area contributed by atoms with Crippen LogP contribution in [0.25, 0.3) is 21.5 Å². The number of hydrogen-bond acceptors (Lipinski definition) is 9. The van der Waals surface area contributed by atoms with Gasteiger partial charge in [-0.2, -0.15) is 5.48 Å². The molecule has 0 aliphatic carbocycles. The van der Waals surface area contributed by atoms with Gasteiger partial charge in [0.1, 0.15) is 6.61 Å². The Morgan fingerprint density at radius 2 is 1.53 bits per heavy atom. The number of imidazole rings is 1. The number of amides is 2. The van der Waals surface area contributed by atoms with Gasteiger partial charge in [-0.05, 0) is 64.9 Å². The van der Waals surface area contributed by atoms with Gasteiger partial charge in [0.15, 0.2) is 0 Å². The first-order valence-corrected chi connectivity index (χ1v) is 17.0. The molecule has 0 saturated carbocycles. The molecule has 0 aliphatic rings. The van der Waals surface area contributed by atoms with Crippen LogP contribution in [0, 0.1) is 5.41 Å². The summed E-state index contributed by atoms with van der Waals surface area (Å²) in [6.07, 6.45) is 0. The lowest BCUT2D eigenvalue weighted by atomic mass is 9.96. The first-order valence-electron chi connectivity index (χ1n) is 16.1. The van der Waals surface area contributed by atoms with Gasteiger partial charge in [0.25, 0.3) is 11.8 Å². The molecular formula is C39H35N5O6S. The van der Waals surface area contributed by atoms with E-state index in [2.05, 4.69) is 26.1 Å². The van der Waals surface area contributed by atoms with Crippen molar-refractivity contribution in [3.8, 4) is 10.4 Å². The van der Waals surface area contributed by atoms with E-state index in [1.54, 1.807) is 72.1 Å². The highest BCUT2D eigenvalue weighted by atomic mass is 32.1. The molecule has 6 rings (SSSR count). The zero-order valence-electron chi connectivity index (χ0n) is 28.1. The second kappa shape index (κ2) is 15.1. The lowest BCUT2D eigenvalue weighted by Gasteiger charge is -2.19. The molecule has 258 valence electrons. The molecule has 2 aromatic heterocycles. The molecule has 0 bridgehead atoms. The Labute approximate surface area is 298 Å². The molecule has 6 aromatic rings. The van der Waals surface area contributed by atoms with Crippen LogP contribution >= 0.6 is 11.3 Å². The zero-order valence-corrected chi connectivity index (χ0v) is 28.9. The Bertz CT molecular complexity index is 2210. The van der Waals surface area contributed by atoms with Crippen LogP contribution in [-0.4, -0.2) is 40.3 Å². The van der Waals surface area contributed by atoms with Crippen LogP contribution in [0.5, 0.6) is 0 Å². The van der Waals surface area contributed by atoms with Gasteiger partial charge < -0.3 is 25.2 Å². The number of H-pyrrole nitrogens is 1. The maximum absolute atomic E-state index is 13.7. The van der Waals surface area contributed by atoms with Crippen LogP contribution in [-0.2, 0) is 16.2 Å². The van der Waals surface area contributed by atoms with Gasteiger partial charge in [0.05, 0.1) is 27.7 Å². The molecule has 0 radical (unpaired) electrons. The van der Waals surface area contributed by atoms with E-state index in [-0.39, 0.29) is 29.4 Å². The van der Waals surface area contributed by atoms with Gasteiger partial charge in [-0.15, -0.1) is 11.3 Å². The lowest BCUT2D eigenvalue weighted by Crippen LogP contribution is -2.32. The van der Waals surface area contributed by atoms with Crippen molar-refractivity contribution in [3.63, 3.8) is 0 Å². The van der Waals surface area contributed by atoms with Crippen molar-refractivity contribution < 1.29 is 28.8 Å². The van der Waals surface area contributed by atoms with Crippen molar-refractivity contribution in [1.82, 2.24) is 15.3 Å². The zero-order chi connectivity index (χ0) is 36.0. The average Bonchev–Trinajstić information content (AvgIpc) is 3.79. The highest BCUT2D eigenvalue weighted by Gasteiger charge is 2.24. The van der Waals surface area contributed by atoms with Crippen LogP contribution in [0.4, 0.5) is 11.6 Å². The van der Waals surface area contributed by atoms with E-state index < -0.39 is 17.8 Å². The first kappa shape index (κ1) is 34.6. The van der Waals surface area contributed by atoms with E-state index in [1.165, 1.54) is 17.4 Å². The fraction of sp³-hybridized carbons (Fsp3) is 0.154. The molecule has 0 fully saturated rings. The van der Waals surface area contributed by atoms with Crippen LogP contribution in [0.1, 0.15) is 67.8 Å². The molecule has 0 aliphatic heterocycles. The van der Waals surface area contributed by atoms with E-state index in [9.17, 15) is 19.2 Å². The number of anilines is 2. The summed E-state index contributed by atoms with van der Waals surface area (Å²) < 4.78 is 5.68. The highest BCUT2D eigenvalue weighted by Crippen LogP contribution is 2.34. The highest BCUT2D eigenvalue weighted by molar-refractivity contribution is 7.14. The van der Waals surface area contributed by atoms with Gasteiger partial charge >= 0.3 is 11.9 Å². The average molecular weight is 702 g/mol. The van der Waals surface area contributed by atoms with Crippen molar-refractivity contribution in [1.29, 1.82) is 0 Å². The summed E-state index contributed by atoms with van der Waals surface area (Å²) in [4.78, 5) is 65.7. The van der Waals surface area contributed by atoms with Crippen molar-refractivity contribution in [2.75, 3.05) is 17.3 Å². The number of nitrogens with one attached hydrogen (secondary N) is 4. The maximum atomic E-state index is 13.7. The summed E-state index contributed by atoms with van der Waals surface area (Å²) in [6.45, 7) is 6.53. The smallest absolute Gasteiger partial charge is 0.362 e.